The standard InChI is InChI=1S/C28H39N7O5/c1-28(2,3)40-27(37)34-12-10-33(11-13-34)25(36)18-32-9-14-35-20(17-32)16-29-26-23(35)15-22(30-31-26)21-7-5-6-8-24(21)39-19-38-4/h5-8,15,20H,9-14,16-19H2,1-4H3,(H,29,31)/t20-/m0/s1. The van der Waals surface area contributed by atoms with E-state index < -0.39 is 5.60 Å². The fourth-order valence-electron chi connectivity index (χ4n) is 5.31. The monoisotopic (exact) mass is 553 g/mol. The topological polar surface area (TPSA) is 113 Å². The quantitative estimate of drug-likeness (QED) is 0.534. The van der Waals surface area contributed by atoms with Gasteiger partial charge in [-0.1, -0.05) is 12.1 Å². The number of amides is 2. The van der Waals surface area contributed by atoms with Gasteiger partial charge in [0.15, 0.2) is 12.6 Å². The molecule has 0 radical (unpaired) electrons. The number of aromatic nitrogens is 2. The minimum atomic E-state index is -0.530. The number of nitrogens with zero attached hydrogens (tertiary/aromatic N) is 6. The molecule has 0 bridgehead atoms. The number of rotatable bonds is 6. The molecule has 2 aromatic rings. The van der Waals surface area contributed by atoms with Crippen molar-refractivity contribution in [2.24, 2.45) is 0 Å². The van der Waals surface area contributed by atoms with Gasteiger partial charge >= 0.3 is 6.09 Å². The molecular formula is C28H39N7O5. The molecule has 1 aromatic heterocycles. The number of hydrogen-bond acceptors (Lipinski definition) is 10. The number of para-hydroxylation sites is 1. The fourth-order valence-corrected chi connectivity index (χ4v) is 5.31. The van der Waals surface area contributed by atoms with Gasteiger partial charge < -0.3 is 34.2 Å². The van der Waals surface area contributed by atoms with Gasteiger partial charge in [-0.05, 0) is 39.0 Å². The zero-order chi connectivity index (χ0) is 28.3. The zero-order valence-electron chi connectivity index (χ0n) is 23.8. The van der Waals surface area contributed by atoms with E-state index in [1.165, 1.54) is 0 Å². The summed E-state index contributed by atoms with van der Waals surface area (Å²) in [6.45, 7) is 11.2. The van der Waals surface area contributed by atoms with E-state index in [4.69, 9.17) is 14.2 Å². The Hall–Kier alpha value is -3.64. The molecule has 12 nitrogen and oxygen atoms in total. The highest BCUT2D eigenvalue weighted by atomic mass is 16.7. The van der Waals surface area contributed by atoms with Crippen LogP contribution in [0.15, 0.2) is 30.3 Å². The summed E-state index contributed by atoms with van der Waals surface area (Å²) in [5.74, 6) is 1.55. The van der Waals surface area contributed by atoms with Gasteiger partial charge in [0, 0.05) is 65.0 Å². The average molecular weight is 554 g/mol. The molecule has 0 aliphatic carbocycles. The lowest BCUT2D eigenvalue weighted by atomic mass is 10.1. The van der Waals surface area contributed by atoms with E-state index in [2.05, 4.69) is 31.4 Å². The first kappa shape index (κ1) is 27.9. The van der Waals surface area contributed by atoms with Crippen LogP contribution in [0.3, 0.4) is 0 Å². The van der Waals surface area contributed by atoms with Gasteiger partial charge in [0.2, 0.25) is 5.91 Å². The number of piperazine rings is 2. The summed E-state index contributed by atoms with van der Waals surface area (Å²) in [5, 5.41) is 12.3. The summed E-state index contributed by atoms with van der Waals surface area (Å²) >= 11 is 0. The van der Waals surface area contributed by atoms with Crippen LogP contribution < -0.4 is 15.0 Å². The molecule has 2 amide bonds. The number of fused-ring (bicyclic) bond motifs is 3. The second-order valence-corrected chi connectivity index (χ2v) is 11.3. The maximum atomic E-state index is 13.1. The molecular weight excluding hydrogens is 514 g/mol. The third-order valence-electron chi connectivity index (χ3n) is 7.29. The predicted octanol–water partition coefficient (Wildman–Crippen LogP) is 2.12. The maximum Gasteiger partial charge on any atom is 0.410 e. The number of anilines is 2. The zero-order valence-corrected chi connectivity index (χ0v) is 23.8. The van der Waals surface area contributed by atoms with Crippen LogP contribution in [-0.4, -0.2) is 121 Å². The number of methoxy groups -OCH3 is 1. The van der Waals surface area contributed by atoms with Gasteiger partial charge in [0.05, 0.1) is 24.0 Å². The molecule has 0 saturated carbocycles. The molecule has 3 aliphatic rings. The van der Waals surface area contributed by atoms with Crippen molar-refractivity contribution in [2.75, 3.05) is 83.0 Å². The number of carbonyl (C=O) groups excluding carboxylic acids is 2. The van der Waals surface area contributed by atoms with Crippen molar-refractivity contribution in [3.8, 4) is 17.0 Å². The Balaban J connectivity index is 1.18. The lowest BCUT2D eigenvalue weighted by molar-refractivity contribution is -0.134. The number of hydrogen-bond donors (Lipinski definition) is 1. The van der Waals surface area contributed by atoms with Gasteiger partial charge in [-0.2, -0.15) is 0 Å². The Labute approximate surface area is 235 Å². The molecule has 1 aromatic carbocycles. The highest BCUT2D eigenvalue weighted by Gasteiger charge is 2.35. The largest absolute Gasteiger partial charge is 0.467 e. The smallest absolute Gasteiger partial charge is 0.410 e. The second-order valence-electron chi connectivity index (χ2n) is 11.3. The van der Waals surface area contributed by atoms with Crippen LogP contribution in [0.2, 0.25) is 0 Å². The molecule has 0 spiro atoms. The van der Waals surface area contributed by atoms with Gasteiger partial charge in [0.25, 0.3) is 0 Å². The van der Waals surface area contributed by atoms with Crippen molar-refractivity contribution in [3.63, 3.8) is 0 Å². The summed E-state index contributed by atoms with van der Waals surface area (Å²) in [4.78, 5) is 33.6. The minimum absolute atomic E-state index is 0.0993. The molecule has 5 rings (SSSR count). The Morgan fingerprint density at radius 3 is 2.52 bits per heavy atom. The van der Waals surface area contributed by atoms with E-state index in [9.17, 15) is 9.59 Å². The third-order valence-corrected chi connectivity index (χ3v) is 7.29. The normalized spacial score (nSPS) is 19.4. The number of carbonyl (C=O) groups is 2. The fraction of sp³-hybridized carbons (Fsp3) is 0.571. The van der Waals surface area contributed by atoms with Crippen LogP contribution in [0, 0.1) is 0 Å². The highest BCUT2D eigenvalue weighted by molar-refractivity contribution is 5.79. The van der Waals surface area contributed by atoms with E-state index in [0.29, 0.717) is 38.5 Å². The van der Waals surface area contributed by atoms with E-state index in [1.54, 1.807) is 12.0 Å². The molecule has 3 aliphatic heterocycles. The third kappa shape index (κ3) is 6.39. The number of nitrogens with one attached hydrogen (secondary N) is 1. The molecule has 2 fully saturated rings. The average Bonchev–Trinajstić information content (AvgIpc) is 2.95. The summed E-state index contributed by atoms with van der Waals surface area (Å²) in [7, 11) is 1.59. The van der Waals surface area contributed by atoms with Crippen LogP contribution >= 0.6 is 0 Å². The van der Waals surface area contributed by atoms with E-state index >= 15 is 0 Å². The summed E-state index contributed by atoms with van der Waals surface area (Å²) < 4.78 is 16.3. The van der Waals surface area contributed by atoms with Crippen molar-refractivity contribution in [1.29, 1.82) is 0 Å². The van der Waals surface area contributed by atoms with Crippen molar-refractivity contribution in [3.05, 3.63) is 30.3 Å². The van der Waals surface area contributed by atoms with Crippen LogP contribution in [0.4, 0.5) is 16.3 Å². The lowest BCUT2D eigenvalue weighted by Gasteiger charge is -2.46. The van der Waals surface area contributed by atoms with Crippen molar-refractivity contribution < 1.29 is 23.8 Å². The first-order valence-electron chi connectivity index (χ1n) is 13.8. The van der Waals surface area contributed by atoms with Crippen molar-refractivity contribution in [2.45, 2.75) is 32.4 Å². The van der Waals surface area contributed by atoms with Gasteiger partial charge in [-0.3, -0.25) is 9.69 Å². The van der Waals surface area contributed by atoms with Crippen LogP contribution in [0.1, 0.15) is 20.8 Å². The summed E-state index contributed by atoms with van der Waals surface area (Å²) in [5.41, 5.74) is 2.06. The van der Waals surface area contributed by atoms with Crippen LogP contribution in [0.5, 0.6) is 5.75 Å². The summed E-state index contributed by atoms with van der Waals surface area (Å²) in [6.07, 6.45) is -0.320. The Morgan fingerprint density at radius 2 is 1.77 bits per heavy atom. The van der Waals surface area contributed by atoms with Gasteiger partial charge in [-0.15, -0.1) is 10.2 Å². The highest BCUT2D eigenvalue weighted by Crippen LogP contribution is 2.36. The van der Waals surface area contributed by atoms with Crippen LogP contribution in [-0.2, 0) is 14.3 Å². The first-order valence-corrected chi connectivity index (χ1v) is 13.8. The molecule has 4 heterocycles. The van der Waals surface area contributed by atoms with Gasteiger partial charge in [0.1, 0.15) is 11.4 Å². The molecule has 40 heavy (non-hydrogen) atoms. The second kappa shape index (κ2) is 11.8. The Bertz CT molecular complexity index is 1210. The SMILES string of the molecule is COCOc1ccccc1-c1cc2c(nn1)NC[C@H]1CN(CC(=O)N3CCN(C(=O)OC(C)(C)C)CC3)CCN21. The van der Waals surface area contributed by atoms with E-state index in [0.717, 1.165) is 48.9 Å². The molecule has 216 valence electrons. The first-order chi connectivity index (χ1) is 19.2. The number of ether oxygens (including phenoxy) is 3. The summed E-state index contributed by atoms with van der Waals surface area (Å²) in [6, 6.07) is 9.98. The predicted molar refractivity (Wildman–Crippen MR) is 150 cm³/mol. The van der Waals surface area contributed by atoms with Crippen molar-refractivity contribution >= 4 is 23.5 Å². The van der Waals surface area contributed by atoms with Gasteiger partial charge in [-0.25, -0.2) is 4.79 Å². The molecule has 0 unspecified atom stereocenters. The molecule has 2 saturated heterocycles. The number of benzene rings is 1. The van der Waals surface area contributed by atoms with E-state index in [1.807, 2.05) is 49.9 Å². The Morgan fingerprint density at radius 1 is 1.02 bits per heavy atom. The van der Waals surface area contributed by atoms with Crippen LogP contribution in [0.25, 0.3) is 11.3 Å². The van der Waals surface area contributed by atoms with E-state index in [-0.39, 0.29) is 24.8 Å². The lowest BCUT2D eigenvalue weighted by Crippen LogP contribution is -2.60. The van der Waals surface area contributed by atoms with Crippen molar-refractivity contribution in [1.82, 2.24) is 24.9 Å². The minimum Gasteiger partial charge on any atom is -0.467 e. The molecule has 12 heteroatoms. The maximum absolute atomic E-state index is 13.1. The molecule has 1 N–H and O–H groups in total. The Kier molecular flexibility index (Phi) is 8.27. The molecule has 1 atom stereocenters.